The highest BCUT2D eigenvalue weighted by atomic mass is 32.2. The van der Waals surface area contributed by atoms with E-state index < -0.39 is 11.9 Å². The van der Waals surface area contributed by atoms with Gasteiger partial charge in [-0.25, -0.2) is 4.39 Å². The first-order valence-corrected chi connectivity index (χ1v) is 9.34. The third kappa shape index (κ3) is 4.42. The molecule has 3 aromatic rings. The number of hydrogen-bond acceptors (Lipinski definition) is 5. The summed E-state index contributed by atoms with van der Waals surface area (Å²) < 4.78 is 20.9. The summed E-state index contributed by atoms with van der Waals surface area (Å²) in [7, 11) is 0. The number of aliphatic hydroxyl groups excluding tert-OH is 1. The highest BCUT2D eigenvalue weighted by molar-refractivity contribution is 7.99. The van der Waals surface area contributed by atoms with Crippen molar-refractivity contribution >= 4 is 11.8 Å². The highest BCUT2D eigenvalue weighted by Gasteiger charge is 2.15. The minimum Gasteiger partial charge on any atom is -0.488 e. The number of aliphatic hydroxyl groups is 1. The molecule has 0 aliphatic heterocycles. The van der Waals surface area contributed by atoms with Crippen LogP contribution in [0.1, 0.15) is 6.92 Å². The van der Waals surface area contributed by atoms with Crippen LogP contribution in [-0.2, 0) is 6.54 Å². The van der Waals surface area contributed by atoms with E-state index in [2.05, 4.69) is 10.2 Å². The standard InChI is InChI=1S/C19H20FN3O2S/c1-2-23-18(14-8-4-3-5-9-14)21-22-19(23)26-13-15(24)12-25-17-11-7-6-10-16(17)20/h3-11,15,24H,2,12-13H2,1H3/t15-/m1/s1. The Morgan fingerprint density at radius 2 is 1.85 bits per heavy atom. The van der Waals surface area contributed by atoms with Crippen molar-refractivity contribution in [1.82, 2.24) is 14.8 Å². The third-order valence-electron chi connectivity index (χ3n) is 3.74. The SMILES string of the molecule is CCn1c(SC[C@H](O)COc2ccccc2F)nnc1-c1ccccc1. The van der Waals surface area contributed by atoms with Gasteiger partial charge in [-0.15, -0.1) is 10.2 Å². The van der Waals surface area contributed by atoms with Gasteiger partial charge in [-0.05, 0) is 19.1 Å². The Hall–Kier alpha value is -2.38. The van der Waals surface area contributed by atoms with Crippen LogP contribution in [0.5, 0.6) is 5.75 Å². The third-order valence-corrected chi connectivity index (χ3v) is 4.85. The van der Waals surface area contributed by atoms with E-state index >= 15 is 0 Å². The molecule has 0 unspecified atom stereocenters. The molecule has 0 amide bonds. The first-order chi connectivity index (χ1) is 12.7. The number of hydrogen-bond donors (Lipinski definition) is 1. The lowest BCUT2D eigenvalue weighted by Gasteiger charge is -2.13. The fourth-order valence-corrected chi connectivity index (χ4v) is 3.36. The van der Waals surface area contributed by atoms with Crippen molar-refractivity contribution in [3.8, 4) is 17.1 Å². The van der Waals surface area contributed by atoms with Gasteiger partial charge in [0.15, 0.2) is 22.5 Å². The molecule has 5 nitrogen and oxygen atoms in total. The van der Waals surface area contributed by atoms with E-state index in [0.717, 1.165) is 23.1 Å². The molecule has 0 fully saturated rings. The van der Waals surface area contributed by atoms with Gasteiger partial charge in [0.05, 0.1) is 6.10 Å². The summed E-state index contributed by atoms with van der Waals surface area (Å²) in [6.07, 6.45) is -0.748. The van der Waals surface area contributed by atoms with Crippen molar-refractivity contribution in [3.05, 3.63) is 60.4 Å². The van der Waals surface area contributed by atoms with Crippen LogP contribution in [0.4, 0.5) is 4.39 Å². The summed E-state index contributed by atoms with van der Waals surface area (Å²) in [5.74, 6) is 0.874. The van der Waals surface area contributed by atoms with E-state index in [-0.39, 0.29) is 12.4 Å². The lowest BCUT2D eigenvalue weighted by Crippen LogP contribution is -2.20. The molecular formula is C19H20FN3O2S. The van der Waals surface area contributed by atoms with Crippen LogP contribution >= 0.6 is 11.8 Å². The summed E-state index contributed by atoms with van der Waals surface area (Å²) in [6.45, 7) is 2.76. The normalized spacial score (nSPS) is 12.1. The van der Waals surface area contributed by atoms with Crippen LogP contribution in [0.15, 0.2) is 59.8 Å². The molecule has 2 aromatic carbocycles. The highest BCUT2D eigenvalue weighted by Crippen LogP contribution is 2.24. The van der Waals surface area contributed by atoms with E-state index in [1.165, 1.54) is 23.9 Å². The van der Waals surface area contributed by atoms with Gasteiger partial charge in [0, 0.05) is 17.9 Å². The summed E-state index contributed by atoms with van der Waals surface area (Å²) in [5, 5.41) is 19.4. The van der Waals surface area contributed by atoms with Gasteiger partial charge in [-0.3, -0.25) is 0 Å². The van der Waals surface area contributed by atoms with E-state index in [0.29, 0.717) is 5.75 Å². The fourth-order valence-electron chi connectivity index (χ4n) is 2.45. The maximum Gasteiger partial charge on any atom is 0.191 e. The Labute approximate surface area is 155 Å². The first kappa shape index (κ1) is 18.4. The van der Waals surface area contributed by atoms with Crippen LogP contribution in [0.25, 0.3) is 11.4 Å². The number of thioether (sulfide) groups is 1. The fraction of sp³-hybridized carbons (Fsp3) is 0.263. The molecule has 0 aliphatic rings. The maximum absolute atomic E-state index is 13.5. The summed E-state index contributed by atoms with van der Waals surface area (Å²) in [6, 6.07) is 16.0. The molecule has 0 spiro atoms. The van der Waals surface area contributed by atoms with Crippen molar-refractivity contribution < 1.29 is 14.2 Å². The average Bonchev–Trinajstić information content (AvgIpc) is 3.09. The molecule has 0 saturated heterocycles. The van der Waals surface area contributed by atoms with Crippen LogP contribution in [0, 0.1) is 5.82 Å². The molecule has 0 radical (unpaired) electrons. The summed E-state index contributed by atoms with van der Waals surface area (Å²) >= 11 is 1.40. The molecule has 0 saturated carbocycles. The minimum absolute atomic E-state index is 0.0136. The predicted molar refractivity (Wildman–Crippen MR) is 99.8 cm³/mol. The lowest BCUT2D eigenvalue weighted by molar-refractivity contribution is 0.123. The minimum atomic E-state index is -0.748. The second-order valence-corrected chi connectivity index (χ2v) is 6.61. The van der Waals surface area contributed by atoms with Gasteiger partial charge in [0.1, 0.15) is 6.61 Å². The lowest BCUT2D eigenvalue weighted by atomic mass is 10.2. The number of benzene rings is 2. The van der Waals surface area contributed by atoms with Gasteiger partial charge in [0.25, 0.3) is 0 Å². The van der Waals surface area contributed by atoms with Crippen molar-refractivity contribution in [1.29, 1.82) is 0 Å². The Balaban J connectivity index is 1.59. The summed E-state index contributed by atoms with van der Waals surface area (Å²) in [4.78, 5) is 0. The Morgan fingerprint density at radius 3 is 2.58 bits per heavy atom. The number of rotatable bonds is 8. The smallest absolute Gasteiger partial charge is 0.191 e. The topological polar surface area (TPSA) is 60.2 Å². The van der Waals surface area contributed by atoms with E-state index in [4.69, 9.17) is 4.74 Å². The first-order valence-electron chi connectivity index (χ1n) is 8.36. The molecule has 0 aliphatic carbocycles. The number of ether oxygens (including phenoxy) is 1. The van der Waals surface area contributed by atoms with Crippen LogP contribution < -0.4 is 4.74 Å². The Bertz CT molecular complexity index is 842. The molecule has 1 N–H and O–H groups in total. The van der Waals surface area contributed by atoms with Crippen LogP contribution in [-0.4, -0.2) is 38.3 Å². The number of nitrogens with zero attached hydrogens (tertiary/aromatic N) is 3. The second-order valence-electron chi connectivity index (χ2n) is 5.62. The van der Waals surface area contributed by atoms with Crippen molar-refractivity contribution in [2.75, 3.05) is 12.4 Å². The van der Waals surface area contributed by atoms with Crippen molar-refractivity contribution in [2.24, 2.45) is 0 Å². The zero-order chi connectivity index (χ0) is 18.4. The predicted octanol–water partition coefficient (Wildman–Crippen LogP) is 3.64. The molecule has 0 bridgehead atoms. The van der Waals surface area contributed by atoms with Gasteiger partial charge < -0.3 is 14.4 Å². The average molecular weight is 373 g/mol. The van der Waals surface area contributed by atoms with E-state index in [1.807, 2.05) is 41.8 Å². The largest absolute Gasteiger partial charge is 0.488 e. The van der Waals surface area contributed by atoms with Crippen molar-refractivity contribution in [2.45, 2.75) is 24.7 Å². The zero-order valence-electron chi connectivity index (χ0n) is 14.4. The Morgan fingerprint density at radius 1 is 1.12 bits per heavy atom. The molecule has 136 valence electrons. The molecule has 26 heavy (non-hydrogen) atoms. The number of para-hydroxylation sites is 1. The maximum atomic E-state index is 13.5. The number of halogens is 1. The Kier molecular flexibility index (Phi) is 6.25. The molecule has 7 heteroatoms. The molecule has 3 rings (SSSR count). The quantitative estimate of drug-likeness (QED) is 0.611. The molecule has 1 heterocycles. The van der Waals surface area contributed by atoms with Crippen LogP contribution in [0.3, 0.4) is 0 Å². The van der Waals surface area contributed by atoms with E-state index in [9.17, 15) is 9.50 Å². The van der Waals surface area contributed by atoms with Gasteiger partial charge in [-0.2, -0.15) is 0 Å². The monoisotopic (exact) mass is 373 g/mol. The van der Waals surface area contributed by atoms with Gasteiger partial charge in [0.2, 0.25) is 0 Å². The molecule has 1 aromatic heterocycles. The molecular weight excluding hydrogens is 353 g/mol. The summed E-state index contributed by atoms with van der Waals surface area (Å²) in [5.41, 5.74) is 0.997. The number of aromatic nitrogens is 3. The molecule has 1 atom stereocenters. The van der Waals surface area contributed by atoms with Gasteiger partial charge >= 0.3 is 0 Å². The van der Waals surface area contributed by atoms with Gasteiger partial charge in [-0.1, -0.05) is 54.2 Å². The van der Waals surface area contributed by atoms with Crippen LogP contribution in [0.2, 0.25) is 0 Å². The second kappa shape index (κ2) is 8.82. The van der Waals surface area contributed by atoms with E-state index in [1.54, 1.807) is 12.1 Å². The zero-order valence-corrected chi connectivity index (χ0v) is 15.2. The van der Waals surface area contributed by atoms with Crippen molar-refractivity contribution in [3.63, 3.8) is 0 Å².